The minimum absolute atomic E-state index is 0.0488. The van der Waals surface area contributed by atoms with E-state index >= 15 is 0 Å². The van der Waals surface area contributed by atoms with Gasteiger partial charge >= 0.3 is 12.0 Å². The summed E-state index contributed by atoms with van der Waals surface area (Å²) in [6.07, 6.45) is 2.72. The standard InChI is InChI=1S/C12H18N4O4/c1-14(5-8-4-13-15(2)6-8)12(20)16-7-9(17)3-10(16)11(18)19/h4,6,9-10,17H,3,5,7H2,1-2H3,(H,18,19)/t9-,10-/m0/s1. The number of carbonyl (C=O) groups is 2. The van der Waals surface area contributed by atoms with Gasteiger partial charge in [-0.05, 0) is 0 Å². The van der Waals surface area contributed by atoms with Gasteiger partial charge in [0.25, 0.3) is 0 Å². The monoisotopic (exact) mass is 282 g/mol. The molecule has 1 aliphatic heterocycles. The van der Waals surface area contributed by atoms with Crippen molar-refractivity contribution in [3.05, 3.63) is 18.0 Å². The highest BCUT2D eigenvalue weighted by Crippen LogP contribution is 2.20. The Morgan fingerprint density at radius 3 is 2.80 bits per heavy atom. The number of amides is 2. The minimum atomic E-state index is -1.09. The minimum Gasteiger partial charge on any atom is -0.480 e. The molecule has 2 atom stereocenters. The third kappa shape index (κ3) is 2.90. The zero-order valence-electron chi connectivity index (χ0n) is 11.4. The molecule has 2 rings (SSSR count). The van der Waals surface area contributed by atoms with Crippen LogP contribution in [0.2, 0.25) is 0 Å². The first-order valence-electron chi connectivity index (χ1n) is 6.28. The molecule has 0 aromatic carbocycles. The van der Waals surface area contributed by atoms with Crippen LogP contribution in [0.3, 0.4) is 0 Å². The molecule has 2 N–H and O–H groups in total. The molecular weight excluding hydrogens is 264 g/mol. The van der Waals surface area contributed by atoms with E-state index in [0.717, 1.165) is 5.56 Å². The molecule has 20 heavy (non-hydrogen) atoms. The predicted molar refractivity (Wildman–Crippen MR) is 68.8 cm³/mol. The van der Waals surface area contributed by atoms with Crippen molar-refractivity contribution in [1.82, 2.24) is 19.6 Å². The summed E-state index contributed by atoms with van der Waals surface area (Å²) in [5, 5.41) is 22.7. The van der Waals surface area contributed by atoms with E-state index in [0.29, 0.717) is 6.54 Å². The maximum atomic E-state index is 12.3. The van der Waals surface area contributed by atoms with Crippen LogP contribution in [-0.2, 0) is 18.4 Å². The van der Waals surface area contributed by atoms with Gasteiger partial charge < -0.3 is 20.0 Å². The van der Waals surface area contributed by atoms with E-state index in [2.05, 4.69) is 5.10 Å². The number of likely N-dealkylation sites (tertiary alicyclic amines) is 1. The van der Waals surface area contributed by atoms with Crippen LogP contribution < -0.4 is 0 Å². The van der Waals surface area contributed by atoms with E-state index in [4.69, 9.17) is 5.11 Å². The highest BCUT2D eigenvalue weighted by atomic mass is 16.4. The molecule has 2 heterocycles. The molecule has 0 saturated carbocycles. The fourth-order valence-corrected chi connectivity index (χ4v) is 2.37. The molecule has 1 fully saturated rings. The molecule has 1 aliphatic rings. The van der Waals surface area contributed by atoms with Crippen molar-refractivity contribution in [3.63, 3.8) is 0 Å². The number of β-amino-alcohol motifs (C(OH)–C–C–N with tert-alkyl or cyclic N) is 1. The van der Waals surface area contributed by atoms with Crippen molar-refractivity contribution in [2.24, 2.45) is 7.05 Å². The molecule has 1 aromatic heterocycles. The summed E-state index contributed by atoms with van der Waals surface area (Å²) in [6.45, 7) is 0.388. The van der Waals surface area contributed by atoms with E-state index in [1.165, 1.54) is 9.80 Å². The lowest BCUT2D eigenvalue weighted by Crippen LogP contribution is -2.46. The average molecular weight is 282 g/mol. The summed E-state index contributed by atoms with van der Waals surface area (Å²) in [5.74, 6) is -1.09. The van der Waals surface area contributed by atoms with Crippen molar-refractivity contribution in [2.75, 3.05) is 13.6 Å². The van der Waals surface area contributed by atoms with Crippen LogP contribution in [0.4, 0.5) is 4.79 Å². The zero-order valence-corrected chi connectivity index (χ0v) is 11.4. The van der Waals surface area contributed by atoms with Gasteiger partial charge in [0, 0.05) is 38.8 Å². The van der Waals surface area contributed by atoms with E-state index in [-0.39, 0.29) is 13.0 Å². The summed E-state index contributed by atoms with van der Waals surface area (Å²) in [5.41, 5.74) is 0.856. The van der Waals surface area contributed by atoms with Gasteiger partial charge in [-0.3, -0.25) is 4.68 Å². The van der Waals surface area contributed by atoms with Crippen LogP contribution >= 0.6 is 0 Å². The van der Waals surface area contributed by atoms with E-state index in [1.807, 2.05) is 0 Å². The predicted octanol–water partition coefficient (Wildman–Crippen LogP) is -0.508. The topological polar surface area (TPSA) is 98.9 Å². The molecule has 0 spiro atoms. The normalized spacial score (nSPS) is 22.1. The van der Waals surface area contributed by atoms with Gasteiger partial charge in [-0.2, -0.15) is 5.10 Å². The zero-order chi connectivity index (χ0) is 14.9. The summed E-state index contributed by atoms with van der Waals surface area (Å²) in [6, 6.07) is -1.37. The first-order chi connectivity index (χ1) is 9.38. The van der Waals surface area contributed by atoms with Gasteiger partial charge in [0.1, 0.15) is 6.04 Å². The van der Waals surface area contributed by atoms with Crippen molar-refractivity contribution in [1.29, 1.82) is 0 Å². The first-order valence-corrected chi connectivity index (χ1v) is 6.28. The smallest absolute Gasteiger partial charge is 0.326 e. The third-order valence-electron chi connectivity index (χ3n) is 3.31. The fourth-order valence-electron chi connectivity index (χ4n) is 2.37. The van der Waals surface area contributed by atoms with Crippen molar-refractivity contribution >= 4 is 12.0 Å². The van der Waals surface area contributed by atoms with Crippen LogP contribution in [0.5, 0.6) is 0 Å². The van der Waals surface area contributed by atoms with Crippen molar-refractivity contribution in [3.8, 4) is 0 Å². The van der Waals surface area contributed by atoms with Crippen LogP contribution in [0, 0.1) is 0 Å². The Labute approximate surface area is 116 Å². The molecule has 8 heteroatoms. The van der Waals surface area contributed by atoms with Gasteiger partial charge in [-0.1, -0.05) is 0 Å². The molecule has 110 valence electrons. The molecule has 1 aromatic rings. The lowest BCUT2D eigenvalue weighted by molar-refractivity contribution is -0.141. The number of carboxylic acid groups (broad SMARTS) is 1. The molecule has 0 bridgehead atoms. The van der Waals surface area contributed by atoms with E-state index in [1.54, 1.807) is 31.2 Å². The van der Waals surface area contributed by atoms with Gasteiger partial charge in [0.2, 0.25) is 0 Å². The molecule has 2 amide bonds. The Bertz CT molecular complexity index is 515. The number of urea groups is 1. The van der Waals surface area contributed by atoms with Gasteiger partial charge in [0.05, 0.1) is 18.8 Å². The number of aliphatic carboxylic acids is 1. The molecule has 0 unspecified atom stereocenters. The molecule has 0 aliphatic carbocycles. The van der Waals surface area contributed by atoms with Crippen molar-refractivity contribution in [2.45, 2.75) is 25.1 Å². The largest absolute Gasteiger partial charge is 0.480 e. The number of aliphatic hydroxyl groups is 1. The Balaban J connectivity index is 2.04. The SMILES string of the molecule is CN(Cc1cnn(C)c1)C(=O)N1C[C@@H](O)C[C@H]1C(=O)O. The van der Waals surface area contributed by atoms with Crippen molar-refractivity contribution < 1.29 is 19.8 Å². The highest BCUT2D eigenvalue weighted by molar-refractivity contribution is 5.83. The lowest BCUT2D eigenvalue weighted by Gasteiger charge is -2.27. The summed E-state index contributed by atoms with van der Waals surface area (Å²) in [7, 11) is 3.38. The van der Waals surface area contributed by atoms with E-state index < -0.39 is 24.1 Å². The summed E-state index contributed by atoms with van der Waals surface area (Å²) < 4.78 is 1.63. The second kappa shape index (κ2) is 5.49. The number of hydrogen-bond acceptors (Lipinski definition) is 4. The number of hydrogen-bond donors (Lipinski definition) is 2. The van der Waals surface area contributed by atoms with Crippen LogP contribution in [-0.4, -0.2) is 67.5 Å². The Kier molecular flexibility index (Phi) is 3.93. The number of aromatic nitrogens is 2. The van der Waals surface area contributed by atoms with Crippen LogP contribution in [0.15, 0.2) is 12.4 Å². The van der Waals surface area contributed by atoms with Gasteiger partial charge in [-0.25, -0.2) is 9.59 Å². The second-order valence-electron chi connectivity index (χ2n) is 5.06. The summed E-state index contributed by atoms with van der Waals surface area (Å²) in [4.78, 5) is 26.0. The molecular formula is C12H18N4O4. The number of aryl methyl sites for hydroxylation is 1. The second-order valence-corrected chi connectivity index (χ2v) is 5.06. The first kappa shape index (κ1) is 14.3. The maximum Gasteiger partial charge on any atom is 0.326 e. The van der Waals surface area contributed by atoms with Gasteiger partial charge in [0.15, 0.2) is 0 Å². The quantitative estimate of drug-likeness (QED) is 0.778. The fraction of sp³-hybridized carbons (Fsp3) is 0.583. The number of carboxylic acids is 1. The Hall–Kier alpha value is -2.09. The third-order valence-corrected chi connectivity index (χ3v) is 3.31. The number of carbonyl (C=O) groups excluding carboxylic acids is 1. The highest BCUT2D eigenvalue weighted by Gasteiger charge is 2.40. The number of nitrogens with zero attached hydrogens (tertiary/aromatic N) is 4. The molecule has 8 nitrogen and oxygen atoms in total. The number of aliphatic hydroxyl groups excluding tert-OH is 1. The molecule has 0 radical (unpaired) electrons. The Morgan fingerprint density at radius 1 is 1.55 bits per heavy atom. The van der Waals surface area contributed by atoms with Crippen LogP contribution in [0.1, 0.15) is 12.0 Å². The van der Waals surface area contributed by atoms with Crippen LogP contribution in [0.25, 0.3) is 0 Å². The van der Waals surface area contributed by atoms with E-state index in [9.17, 15) is 14.7 Å². The lowest BCUT2D eigenvalue weighted by atomic mass is 10.2. The average Bonchev–Trinajstić information content (AvgIpc) is 2.94. The molecule has 1 saturated heterocycles. The maximum absolute atomic E-state index is 12.3. The number of rotatable bonds is 3. The summed E-state index contributed by atoms with van der Waals surface area (Å²) >= 11 is 0. The van der Waals surface area contributed by atoms with Gasteiger partial charge in [-0.15, -0.1) is 0 Å². The Morgan fingerprint density at radius 2 is 2.25 bits per heavy atom.